The number of carbonyl (C=O) groups is 2. The number of amides is 2. The number of ether oxygens (including phenoxy) is 1. The molecule has 13 nitrogen and oxygen atoms in total. The monoisotopic (exact) mass is 753 g/mol. The summed E-state index contributed by atoms with van der Waals surface area (Å²) in [4.78, 5) is 41.5. The Morgan fingerprint density at radius 2 is 1.67 bits per heavy atom. The van der Waals surface area contributed by atoms with Crippen LogP contribution in [-0.2, 0) is 20.4 Å². The summed E-state index contributed by atoms with van der Waals surface area (Å²) in [7, 11) is 0. The number of rotatable bonds is 15. The van der Waals surface area contributed by atoms with Crippen LogP contribution in [0.2, 0.25) is 0 Å². The minimum Gasteiger partial charge on any atom is -0.480 e. The fraction of sp³-hybridized carbons (Fsp3) is 0.400. The van der Waals surface area contributed by atoms with Crippen molar-refractivity contribution in [1.29, 1.82) is 0 Å². The van der Waals surface area contributed by atoms with E-state index in [1.807, 2.05) is 45.0 Å². The number of carbonyl (C=O) groups excluding carboxylic acids is 2. The largest absolute Gasteiger partial charge is 0.480 e. The standard InChI is InChI=1S/C40H51N9O4S/c1-11-32(53-33-21-19-27(39(7,8)12-2)23-28(33)40(9,10)13-3)36(51)42-30-16-14-15-17-31(30)48-37(52)34(54-38-43-46-47-49(38)44-26(6)50)35(45-48)41-29-20-18-24(4)22-25(29)5/h14-23,32,41,45H,11-13H2,1-10H3,(H,42,51)(H,44,50). The van der Waals surface area contributed by atoms with Crippen molar-refractivity contribution in [2.24, 2.45) is 0 Å². The first-order valence-corrected chi connectivity index (χ1v) is 19.0. The van der Waals surface area contributed by atoms with Gasteiger partial charge in [0.05, 0.1) is 11.4 Å². The summed E-state index contributed by atoms with van der Waals surface area (Å²) >= 11 is 0.976. The molecule has 0 spiro atoms. The van der Waals surface area contributed by atoms with Gasteiger partial charge in [0.1, 0.15) is 16.5 Å². The number of hydrogen-bond acceptors (Lipinski definition) is 9. The number of aromatic nitrogens is 6. The molecule has 0 bridgehead atoms. The van der Waals surface area contributed by atoms with Gasteiger partial charge in [0.2, 0.25) is 11.1 Å². The number of hydrogen-bond donors (Lipinski definition) is 4. The summed E-state index contributed by atoms with van der Waals surface area (Å²) in [6.45, 7) is 20.4. The van der Waals surface area contributed by atoms with Crippen molar-refractivity contribution in [3.63, 3.8) is 0 Å². The number of para-hydroxylation sites is 2. The average molecular weight is 754 g/mol. The summed E-state index contributed by atoms with van der Waals surface area (Å²) in [5.74, 6) is 0.316. The molecule has 4 N–H and O–H groups in total. The van der Waals surface area contributed by atoms with Gasteiger partial charge in [-0.2, -0.15) is 0 Å². The second kappa shape index (κ2) is 16.3. The van der Waals surface area contributed by atoms with Crippen molar-refractivity contribution < 1.29 is 14.3 Å². The third-order valence-corrected chi connectivity index (χ3v) is 11.0. The van der Waals surface area contributed by atoms with Gasteiger partial charge >= 0.3 is 0 Å². The zero-order chi connectivity index (χ0) is 39.4. The van der Waals surface area contributed by atoms with E-state index in [1.54, 1.807) is 24.3 Å². The fourth-order valence-electron chi connectivity index (χ4n) is 5.85. The van der Waals surface area contributed by atoms with Crippen LogP contribution in [0.15, 0.2) is 75.5 Å². The number of anilines is 3. The highest BCUT2D eigenvalue weighted by molar-refractivity contribution is 7.99. The molecule has 0 fully saturated rings. The third-order valence-electron chi connectivity index (χ3n) is 9.98. The molecule has 54 heavy (non-hydrogen) atoms. The summed E-state index contributed by atoms with van der Waals surface area (Å²) in [5, 5.41) is 21.3. The van der Waals surface area contributed by atoms with Gasteiger partial charge in [-0.25, -0.2) is 10.1 Å². The van der Waals surface area contributed by atoms with Crippen LogP contribution in [0.1, 0.15) is 96.9 Å². The second-order valence-electron chi connectivity index (χ2n) is 14.8. The molecule has 0 saturated heterocycles. The number of nitrogens with zero attached hydrogens (tertiary/aromatic N) is 5. The number of aryl methyl sites for hydroxylation is 2. The summed E-state index contributed by atoms with van der Waals surface area (Å²) in [6.07, 6.45) is 1.49. The molecule has 1 atom stereocenters. The Morgan fingerprint density at radius 1 is 0.944 bits per heavy atom. The molecular formula is C40H51N9O4S. The number of aromatic amines is 1. The van der Waals surface area contributed by atoms with E-state index in [9.17, 15) is 14.4 Å². The minimum atomic E-state index is -0.810. The topological polar surface area (TPSA) is 161 Å². The van der Waals surface area contributed by atoms with Crippen molar-refractivity contribution >= 4 is 40.8 Å². The smallest absolute Gasteiger partial charge is 0.287 e. The van der Waals surface area contributed by atoms with Crippen LogP contribution in [-0.4, -0.2) is 48.0 Å². The van der Waals surface area contributed by atoms with E-state index in [-0.39, 0.29) is 32.7 Å². The number of H-pyrrole nitrogens is 1. The maximum Gasteiger partial charge on any atom is 0.287 e. The maximum absolute atomic E-state index is 14.3. The molecule has 0 aliphatic rings. The first-order chi connectivity index (χ1) is 25.6. The molecule has 3 aromatic carbocycles. The van der Waals surface area contributed by atoms with E-state index < -0.39 is 11.7 Å². The van der Waals surface area contributed by atoms with E-state index in [4.69, 9.17) is 4.74 Å². The first kappa shape index (κ1) is 39.8. The zero-order valence-corrected chi connectivity index (χ0v) is 33.6. The highest BCUT2D eigenvalue weighted by atomic mass is 32.2. The predicted molar refractivity (Wildman–Crippen MR) is 214 cm³/mol. The molecule has 2 aromatic heterocycles. The van der Waals surface area contributed by atoms with Crippen LogP contribution < -0.4 is 26.4 Å². The SMILES string of the molecule is CCC(Oc1ccc(C(C)(C)CC)cc1C(C)(C)CC)C(=O)Nc1ccccc1-n1[nH]c(Nc2ccc(C)cc2C)c(Sc2nnnn2NC(C)=O)c1=O. The first-order valence-electron chi connectivity index (χ1n) is 18.2. The highest BCUT2D eigenvalue weighted by Gasteiger charge is 2.30. The van der Waals surface area contributed by atoms with Crippen LogP contribution in [0, 0.1) is 13.8 Å². The van der Waals surface area contributed by atoms with Gasteiger partial charge in [-0.15, -0.1) is 4.79 Å². The molecule has 0 radical (unpaired) electrons. The molecule has 5 aromatic rings. The quantitative estimate of drug-likeness (QED) is 0.0833. The van der Waals surface area contributed by atoms with Gasteiger partial charge < -0.3 is 15.4 Å². The van der Waals surface area contributed by atoms with E-state index in [0.717, 1.165) is 51.8 Å². The van der Waals surface area contributed by atoms with Crippen molar-refractivity contribution in [2.75, 3.05) is 16.1 Å². The molecule has 5 rings (SSSR count). The van der Waals surface area contributed by atoms with Gasteiger partial charge in [0, 0.05) is 18.2 Å². The normalized spacial score (nSPS) is 12.3. The van der Waals surface area contributed by atoms with E-state index in [1.165, 1.54) is 17.2 Å². The molecule has 14 heteroatoms. The van der Waals surface area contributed by atoms with Gasteiger partial charge in [-0.1, -0.05) is 95.5 Å². The van der Waals surface area contributed by atoms with Gasteiger partial charge in [0.15, 0.2) is 6.10 Å². The van der Waals surface area contributed by atoms with Crippen molar-refractivity contribution in [3.05, 3.63) is 93.3 Å². The predicted octanol–water partition coefficient (Wildman–Crippen LogP) is 7.93. The Balaban J connectivity index is 1.51. The van der Waals surface area contributed by atoms with Crippen LogP contribution in [0.4, 0.5) is 17.2 Å². The molecule has 0 aliphatic carbocycles. The number of nitrogens with one attached hydrogen (secondary N) is 4. The van der Waals surface area contributed by atoms with Crippen molar-refractivity contribution in [3.8, 4) is 11.4 Å². The Hall–Kier alpha value is -5.37. The highest BCUT2D eigenvalue weighted by Crippen LogP contribution is 2.39. The second-order valence-corrected chi connectivity index (χ2v) is 15.7. The minimum absolute atomic E-state index is 0.00891. The lowest BCUT2D eigenvalue weighted by molar-refractivity contribution is -0.123. The molecular weight excluding hydrogens is 703 g/mol. The Kier molecular flexibility index (Phi) is 12.0. The lowest BCUT2D eigenvalue weighted by Gasteiger charge is -2.31. The van der Waals surface area contributed by atoms with Gasteiger partial charge in [-0.3, -0.25) is 19.5 Å². The maximum atomic E-state index is 14.3. The molecule has 286 valence electrons. The van der Waals surface area contributed by atoms with Gasteiger partial charge in [-0.05, 0) is 102 Å². The van der Waals surface area contributed by atoms with E-state index in [2.05, 4.69) is 90.4 Å². The summed E-state index contributed by atoms with van der Waals surface area (Å²) in [6, 6.07) is 19.3. The van der Waals surface area contributed by atoms with Crippen LogP contribution >= 0.6 is 11.8 Å². The third kappa shape index (κ3) is 8.70. The molecule has 0 aliphatic heterocycles. The Labute approximate surface area is 320 Å². The Morgan fingerprint density at radius 3 is 2.33 bits per heavy atom. The zero-order valence-electron chi connectivity index (χ0n) is 32.7. The molecule has 2 amide bonds. The lowest BCUT2D eigenvalue weighted by Crippen LogP contribution is -2.34. The van der Waals surface area contributed by atoms with Crippen LogP contribution in [0.3, 0.4) is 0 Å². The van der Waals surface area contributed by atoms with Crippen molar-refractivity contribution in [2.45, 2.75) is 115 Å². The summed E-state index contributed by atoms with van der Waals surface area (Å²) < 4.78 is 7.90. The van der Waals surface area contributed by atoms with E-state index >= 15 is 0 Å². The lowest BCUT2D eigenvalue weighted by atomic mass is 9.76. The molecule has 1 unspecified atom stereocenters. The molecule has 2 heterocycles. The van der Waals surface area contributed by atoms with Gasteiger partial charge in [0.25, 0.3) is 11.5 Å². The Bertz CT molecular complexity index is 2200. The van der Waals surface area contributed by atoms with Crippen molar-refractivity contribution in [1.82, 2.24) is 30.1 Å². The van der Waals surface area contributed by atoms with Crippen LogP contribution in [0.5, 0.6) is 5.75 Å². The summed E-state index contributed by atoms with van der Waals surface area (Å²) in [5.41, 5.74) is 7.84. The number of tetrazole rings is 1. The number of benzene rings is 3. The molecule has 0 saturated carbocycles. The van der Waals surface area contributed by atoms with Crippen LogP contribution in [0.25, 0.3) is 5.69 Å². The fourth-order valence-corrected chi connectivity index (χ4v) is 6.66. The average Bonchev–Trinajstić information content (AvgIpc) is 3.70. The van der Waals surface area contributed by atoms with E-state index in [0.29, 0.717) is 29.4 Å².